The zero-order valence-electron chi connectivity index (χ0n) is 15.8. The van der Waals surface area contributed by atoms with Crippen LogP contribution in [0.4, 0.5) is 0 Å². The SMILES string of the molecule is CNC(=O)COC(=O)CCc1nc2ccccc2c(=O)n1-c1ccc(C)cc1. The fourth-order valence-electron chi connectivity index (χ4n) is 2.81. The Morgan fingerprint density at radius 1 is 1.11 bits per heavy atom. The number of carbonyl (C=O) groups is 2. The highest BCUT2D eigenvalue weighted by molar-refractivity contribution is 5.80. The maximum Gasteiger partial charge on any atom is 0.306 e. The third kappa shape index (κ3) is 4.25. The number of fused-ring (bicyclic) bond motifs is 1. The summed E-state index contributed by atoms with van der Waals surface area (Å²) in [7, 11) is 1.47. The van der Waals surface area contributed by atoms with E-state index in [1.54, 1.807) is 18.2 Å². The average molecular weight is 379 g/mol. The van der Waals surface area contributed by atoms with Gasteiger partial charge in [0.25, 0.3) is 11.5 Å². The van der Waals surface area contributed by atoms with Gasteiger partial charge in [0, 0.05) is 13.5 Å². The van der Waals surface area contributed by atoms with Gasteiger partial charge in [-0.25, -0.2) is 4.98 Å². The number of ether oxygens (including phenoxy) is 1. The zero-order chi connectivity index (χ0) is 20.1. The minimum absolute atomic E-state index is 0.00758. The first-order valence-electron chi connectivity index (χ1n) is 8.93. The second-order valence-electron chi connectivity index (χ2n) is 6.36. The van der Waals surface area contributed by atoms with Gasteiger partial charge >= 0.3 is 5.97 Å². The molecule has 3 aromatic rings. The molecule has 7 heteroatoms. The zero-order valence-corrected chi connectivity index (χ0v) is 15.8. The van der Waals surface area contributed by atoms with Crippen LogP contribution in [-0.2, 0) is 20.7 Å². The van der Waals surface area contributed by atoms with E-state index in [4.69, 9.17) is 4.74 Å². The first-order chi connectivity index (χ1) is 13.5. The minimum Gasteiger partial charge on any atom is -0.456 e. The molecule has 0 spiro atoms. The Balaban J connectivity index is 1.95. The number of para-hydroxylation sites is 1. The standard InChI is InChI=1S/C21H21N3O4/c1-14-7-9-15(10-8-14)24-18(11-12-20(26)28-13-19(25)22-2)23-17-6-4-3-5-16(17)21(24)27/h3-10H,11-13H2,1-2H3,(H,22,25). The number of esters is 1. The number of aromatic nitrogens is 2. The Morgan fingerprint density at radius 3 is 2.54 bits per heavy atom. The second kappa shape index (κ2) is 8.47. The van der Waals surface area contributed by atoms with Gasteiger partial charge < -0.3 is 10.1 Å². The minimum atomic E-state index is -0.526. The van der Waals surface area contributed by atoms with E-state index in [9.17, 15) is 14.4 Å². The highest BCUT2D eigenvalue weighted by atomic mass is 16.5. The van der Waals surface area contributed by atoms with Crippen LogP contribution in [0.5, 0.6) is 0 Å². The lowest BCUT2D eigenvalue weighted by molar-refractivity contribution is -0.148. The molecule has 1 N–H and O–H groups in total. The van der Waals surface area contributed by atoms with Crippen molar-refractivity contribution in [2.45, 2.75) is 19.8 Å². The molecule has 7 nitrogen and oxygen atoms in total. The lowest BCUT2D eigenvalue weighted by atomic mass is 10.2. The number of rotatable bonds is 6. The maximum absolute atomic E-state index is 13.1. The topological polar surface area (TPSA) is 90.3 Å². The summed E-state index contributed by atoms with van der Waals surface area (Å²) in [6.07, 6.45) is 0.216. The van der Waals surface area contributed by atoms with Crippen molar-refractivity contribution in [3.05, 3.63) is 70.3 Å². The van der Waals surface area contributed by atoms with E-state index in [-0.39, 0.29) is 30.9 Å². The molecule has 3 rings (SSSR count). The second-order valence-corrected chi connectivity index (χ2v) is 6.36. The number of likely N-dealkylation sites (N-methyl/N-ethyl adjacent to an activating group) is 1. The summed E-state index contributed by atoms with van der Waals surface area (Å²) < 4.78 is 6.45. The number of benzene rings is 2. The molecule has 0 unspecified atom stereocenters. The van der Waals surface area contributed by atoms with Crippen molar-refractivity contribution < 1.29 is 14.3 Å². The lowest BCUT2D eigenvalue weighted by Gasteiger charge is -2.14. The number of amides is 1. The Labute approximate surface area is 162 Å². The lowest BCUT2D eigenvalue weighted by Crippen LogP contribution is -2.26. The predicted molar refractivity (Wildman–Crippen MR) is 105 cm³/mol. The molecule has 2 aromatic carbocycles. The van der Waals surface area contributed by atoms with Gasteiger partial charge in [0.2, 0.25) is 0 Å². The van der Waals surface area contributed by atoms with Gasteiger partial charge in [0.15, 0.2) is 6.61 Å². The first kappa shape index (κ1) is 19.3. The third-order valence-electron chi connectivity index (χ3n) is 4.33. The number of nitrogens with one attached hydrogen (secondary N) is 1. The molecular formula is C21H21N3O4. The Morgan fingerprint density at radius 2 is 1.82 bits per heavy atom. The number of nitrogens with zero attached hydrogens (tertiary/aromatic N) is 2. The van der Waals surface area contributed by atoms with Crippen molar-refractivity contribution in [1.29, 1.82) is 0 Å². The Bertz CT molecular complexity index is 1070. The van der Waals surface area contributed by atoms with E-state index in [1.807, 2.05) is 37.3 Å². The average Bonchev–Trinajstić information content (AvgIpc) is 2.71. The van der Waals surface area contributed by atoms with Gasteiger partial charge in [-0.3, -0.25) is 19.0 Å². The largest absolute Gasteiger partial charge is 0.456 e. The van der Waals surface area contributed by atoms with E-state index in [0.29, 0.717) is 22.4 Å². The molecule has 1 heterocycles. The summed E-state index contributed by atoms with van der Waals surface area (Å²) in [5.74, 6) is -0.445. The van der Waals surface area contributed by atoms with Crippen LogP contribution in [0.3, 0.4) is 0 Å². The smallest absolute Gasteiger partial charge is 0.306 e. The van der Waals surface area contributed by atoms with Crippen molar-refractivity contribution in [3.8, 4) is 5.69 Å². The van der Waals surface area contributed by atoms with Crippen molar-refractivity contribution in [2.75, 3.05) is 13.7 Å². The summed E-state index contributed by atoms with van der Waals surface area (Å²) in [4.78, 5) is 40.8. The molecule has 144 valence electrons. The number of hydrogen-bond donors (Lipinski definition) is 1. The van der Waals surface area contributed by atoms with Crippen LogP contribution in [-0.4, -0.2) is 35.1 Å². The molecular weight excluding hydrogens is 358 g/mol. The van der Waals surface area contributed by atoms with Gasteiger partial charge in [-0.05, 0) is 31.2 Å². The summed E-state index contributed by atoms with van der Waals surface area (Å²) >= 11 is 0. The van der Waals surface area contributed by atoms with E-state index >= 15 is 0 Å². The van der Waals surface area contributed by atoms with Gasteiger partial charge in [-0.2, -0.15) is 0 Å². The maximum atomic E-state index is 13.1. The molecule has 0 radical (unpaired) electrons. The van der Waals surface area contributed by atoms with Crippen molar-refractivity contribution in [1.82, 2.24) is 14.9 Å². The molecule has 28 heavy (non-hydrogen) atoms. The van der Waals surface area contributed by atoms with Crippen LogP contribution in [0.2, 0.25) is 0 Å². The van der Waals surface area contributed by atoms with Gasteiger partial charge in [-0.1, -0.05) is 29.8 Å². The van der Waals surface area contributed by atoms with Gasteiger partial charge in [-0.15, -0.1) is 0 Å². The van der Waals surface area contributed by atoms with Crippen molar-refractivity contribution in [3.63, 3.8) is 0 Å². The van der Waals surface area contributed by atoms with Crippen LogP contribution in [0.1, 0.15) is 17.8 Å². The molecule has 1 aromatic heterocycles. The van der Waals surface area contributed by atoms with E-state index in [0.717, 1.165) is 5.56 Å². The van der Waals surface area contributed by atoms with Gasteiger partial charge in [0.1, 0.15) is 5.82 Å². The molecule has 1 amide bonds. The van der Waals surface area contributed by atoms with Crippen molar-refractivity contribution in [2.24, 2.45) is 0 Å². The fraction of sp³-hybridized carbons (Fsp3) is 0.238. The predicted octanol–water partition coefficient (Wildman–Crippen LogP) is 1.92. The molecule has 0 saturated carbocycles. The molecule has 0 aliphatic carbocycles. The summed E-state index contributed by atoms with van der Waals surface area (Å²) in [5, 5.41) is 2.89. The van der Waals surface area contributed by atoms with Crippen molar-refractivity contribution >= 4 is 22.8 Å². The highest BCUT2D eigenvalue weighted by Gasteiger charge is 2.15. The van der Waals surface area contributed by atoms with Crippen LogP contribution in [0.25, 0.3) is 16.6 Å². The molecule has 0 bridgehead atoms. The molecule has 0 atom stereocenters. The Kier molecular flexibility index (Phi) is 5.84. The summed E-state index contributed by atoms with van der Waals surface area (Å²) in [6, 6.07) is 14.6. The third-order valence-corrected chi connectivity index (χ3v) is 4.33. The Hall–Kier alpha value is -3.48. The van der Waals surface area contributed by atoms with Gasteiger partial charge in [0.05, 0.1) is 23.0 Å². The van der Waals surface area contributed by atoms with Crippen LogP contribution in [0.15, 0.2) is 53.3 Å². The van der Waals surface area contributed by atoms with E-state index < -0.39 is 5.97 Å². The van der Waals surface area contributed by atoms with Crippen LogP contribution >= 0.6 is 0 Å². The fourth-order valence-corrected chi connectivity index (χ4v) is 2.81. The number of hydrogen-bond acceptors (Lipinski definition) is 5. The summed E-state index contributed by atoms with van der Waals surface area (Å²) in [6.45, 7) is 1.64. The summed E-state index contributed by atoms with van der Waals surface area (Å²) in [5.41, 5.74) is 2.14. The first-order valence-corrected chi connectivity index (χ1v) is 8.93. The quantitative estimate of drug-likeness (QED) is 0.661. The van der Waals surface area contributed by atoms with Crippen LogP contribution in [0, 0.1) is 6.92 Å². The van der Waals surface area contributed by atoms with E-state index in [2.05, 4.69) is 10.3 Å². The van der Waals surface area contributed by atoms with Crippen LogP contribution < -0.4 is 10.9 Å². The molecule has 0 fully saturated rings. The normalized spacial score (nSPS) is 10.6. The molecule has 0 saturated heterocycles. The highest BCUT2D eigenvalue weighted by Crippen LogP contribution is 2.15. The monoisotopic (exact) mass is 379 g/mol. The number of carbonyl (C=O) groups excluding carboxylic acids is 2. The van der Waals surface area contributed by atoms with E-state index in [1.165, 1.54) is 11.6 Å². The molecule has 0 aliphatic rings. The molecule has 0 aliphatic heterocycles. The number of aryl methyl sites for hydroxylation is 2.